The quantitative estimate of drug-likeness (QED) is 0.599. The summed E-state index contributed by atoms with van der Waals surface area (Å²) in [6, 6.07) is 11.4. The predicted molar refractivity (Wildman–Crippen MR) is 89.5 cm³/mol. The molecule has 0 amide bonds. The SMILES string of the molecule is COc1ccc(Cl)cc1C(Br)c1cc(Br)ccc1OC. The molecular formula is C15H13Br2ClO2. The van der Waals surface area contributed by atoms with Crippen LogP contribution in [-0.2, 0) is 0 Å². The first kappa shape index (κ1) is 15.7. The van der Waals surface area contributed by atoms with Crippen LogP contribution in [0.2, 0.25) is 5.02 Å². The van der Waals surface area contributed by atoms with Crippen LogP contribution in [0.4, 0.5) is 0 Å². The summed E-state index contributed by atoms with van der Waals surface area (Å²) in [4.78, 5) is -0.0800. The van der Waals surface area contributed by atoms with E-state index in [0.29, 0.717) is 5.02 Å². The summed E-state index contributed by atoms with van der Waals surface area (Å²) < 4.78 is 11.8. The Morgan fingerprint density at radius 2 is 1.50 bits per heavy atom. The van der Waals surface area contributed by atoms with Crippen LogP contribution in [0.5, 0.6) is 11.5 Å². The molecule has 0 heterocycles. The lowest BCUT2D eigenvalue weighted by molar-refractivity contribution is 0.405. The van der Waals surface area contributed by atoms with Crippen molar-refractivity contribution in [3.63, 3.8) is 0 Å². The normalized spacial score (nSPS) is 12.1. The van der Waals surface area contributed by atoms with Crippen LogP contribution in [0.3, 0.4) is 0 Å². The molecule has 0 aliphatic rings. The lowest BCUT2D eigenvalue weighted by Gasteiger charge is -2.18. The summed E-state index contributed by atoms with van der Waals surface area (Å²) in [5, 5.41) is 0.666. The van der Waals surface area contributed by atoms with Gasteiger partial charge in [0.05, 0.1) is 19.0 Å². The fourth-order valence-corrected chi connectivity index (χ4v) is 3.25. The molecule has 2 aromatic carbocycles. The third-order valence-electron chi connectivity index (χ3n) is 2.93. The number of alkyl halides is 1. The standard InChI is InChI=1S/C15H13Br2ClO2/c1-19-13-5-3-9(16)7-11(13)15(17)12-8-10(18)4-6-14(12)20-2/h3-8,15H,1-2H3. The summed E-state index contributed by atoms with van der Waals surface area (Å²) >= 11 is 13.3. The van der Waals surface area contributed by atoms with E-state index in [0.717, 1.165) is 27.1 Å². The van der Waals surface area contributed by atoms with Gasteiger partial charge in [-0.3, -0.25) is 0 Å². The average molecular weight is 421 g/mol. The van der Waals surface area contributed by atoms with Gasteiger partial charge in [0.1, 0.15) is 11.5 Å². The third kappa shape index (κ3) is 3.30. The Labute approximate surface area is 140 Å². The fourth-order valence-electron chi connectivity index (χ4n) is 1.97. The number of rotatable bonds is 4. The predicted octanol–water partition coefficient (Wildman–Crippen LogP) is 5.60. The second-order valence-electron chi connectivity index (χ2n) is 4.14. The lowest BCUT2D eigenvalue weighted by Crippen LogP contribution is -2.00. The maximum atomic E-state index is 6.09. The Kier molecular flexibility index (Phi) is 5.35. The number of halogens is 3. The zero-order valence-electron chi connectivity index (χ0n) is 11.0. The van der Waals surface area contributed by atoms with E-state index in [1.165, 1.54) is 0 Å². The molecule has 0 saturated heterocycles. The molecular weight excluding hydrogens is 407 g/mol. The molecule has 0 N–H and O–H groups in total. The van der Waals surface area contributed by atoms with E-state index >= 15 is 0 Å². The molecule has 0 spiro atoms. The van der Waals surface area contributed by atoms with Gasteiger partial charge in [-0.05, 0) is 36.4 Å². The molecule has 0 aromatic heterocycles. The Balaban J connectivity index is 2.53. The minimum atomic E-state index is -0.0800. The largest absolute Gasteiger partial charge is 0.496 e. The van der Waals surface area contributed by atoms with Crippen molar-refractivity contribution in [3.05, 3.63) is 57.0 Å². The summed E-state index contributed by atoms with van der Waals surface area (Å²) in [6.45, 7) is 0. The Bertz CT molecular complexity index is 563. The zero-order chi connectivity index (χ0) is 14.7. The first-order valence-electron chi connectivity index (χ1n) is 5.87. The Hall–Kier alpha value is -0.710. The molecule has 0 aliphatic heterocycles. The van der Waals surface area contributed by atoms with E-state index in [9.17, 15) is 0 Å². The van der Waals surface area contributed by atoms with Crippen LogP contribution < -0.4 is 9.47 Å². The van der Waals surface area contributed by atoms with Gasteiger partial charge in [-0.1, -0.05) is 43.5 Å². The van der Waals surface area contributed by atoms with Gasteiger partial charge < -0.3 is 9.47 Å². The summed E-state index contributed by atoms with van der Waals surface area (Å²) in [5.41, 5.74) is 1.96. The minimum Gasteiger partial charge on any atom is -0.496 e. The van der Waals surface area contributed by atoms with E-state index < -0.39 is 0 Å². The van der Waals surface area contributed by atoms with Gasteiger partial charge in [0.15, 0.2) is 0 Å². The van der Waals surface area contributed by atoms with Gasteiger partial charge in [0.2, 0.25) is 0 Å². The van der Waals surface area contributed by atoms with E-state index in [4.69, 9.17) is 21.1 Å². The second-order valence-corrected chi connectivity index (χ2v) is 6.40. The van der Waals surface area contributed by atoms with E-state index in [2.05, 4.69) is 31.9 Å². The number of hydrogen-bond acceptors (Lipinski definition) is 2. The Morgan fingerprint density at radius 3 is 2.10 bits per heavy atom. The van der Waals surface area contributed by atoms with Gasteiger partial charge in [-0.25, -0.2) is 0 Å². The zero-order valence-corrected chi connectivity index (χ0v) is 14.9. The first-order valence-corrected chi connectivity index (χ1v) is 7.96. The van der Waals surface area contributed by atoms with E-state index in [1.54, 1.807) is 14.2 Å². The van der Waals surface area contributed by atoms with Crippen molar-refractivity contribution < 1.29 is 9.47 Å². The lowest BCUT2D eigenvalue weighted by atomic mass is 10.0. The number of methoxy groups -OCH3 is 2. The highest BCUT2D eigenvalue weighted by Crippen LogP contribution is 2.42. The van der Waals surface area contributed by atoms with Crippen LogP contribution in [0.1, 0.15) is 16.0 Å². The van der Waals surface area contributed by atoms with Gasteiger partial charge in [0.25, 0.3) is 0 Å². The van der Waals surface area contributed by atoms with Crippen LogP contribution in [0.25, 0.3) is 0 Å². The molecule has 0 saturated carbocycles. The number of hydrogen-bond donors (Lipinski definition) is 0. The fraction of sp³-hybridized carbons (Fsp3) is 0.200. The highest BCUT2D eigenvalue weighted by atomic mass is 79.9. The van der Waals surface area contributed by atoms with Crippen molar-refractivity contribution in [3.8, 4) is 11.5 Å². The monoisotopic (exact) mass is 418 g/mol. The second kappa shape index (κ2) is 6.83. The molecule has 0 bridgehead atoms. The van der Waals surface area contributed by atoms with Crippen molar-refractivity contribution in [2.75, 3.05) is 14.2 Å². The maximum absolute atomic E-state index is 6.09. The topological polar surface area (TPSA) is 18.5 Å². The highest BCUT2D eigenvalue weighted by molar-refractivity contribution is 9.10. The van der Waals surface area contributed by atoms with Crippen molar-refractivity contribution in [2.24, 2.45) is 0 Å². The molecule has 0 radical (unpaired) electrons. The van der Waals surface area contributed by atoms with Crippen molar-refractivity contribution in [1.82, 2.24) is 0 Å². The maximum Gasteiger partial charge on any atom is 0.123 e. The van der Waals surface area contributed by atoms with Crippen LogP contribution in [0.15, 0.2) is 40.9 Å². The number of benzene rings is 2. The van der Waals surface area contributed by atoms with Crippen molar-refractivity contribution >= 4 is 43.5 Å². The summed E-state index contributed by atoms with van der Waals surface area (Å²) in [6.07, 6.45) is 0. The van der Waals surface area contributed by atoms with Gasteiger partial charge in [0, 0.05) is 20.6 Å². The molecule has 2 rings (SSSR count). The van der Waals surface area contributed by atoms with E-state index in [-0.39, 0.29) is 4.83 Å². The molecule has 0 aliphatic carbocycles. The summed E-state index contributed by atoms with van der Waals surface area (Å²) in [7, 11) is 3.30. The molecule has 2 aromatic rings. The molecule has 2 nitrogen and oxygen atoms in total. The highest BCUT2D eigenvalue weighted by Gasteiger charge is 2.19. The number of ether oxygens (including phenoxy) is 2. The van der Waals surface area contributed by atoms with Gasteiger partial charge in [-0.15, -0.1) is 0 Å². The van der Waals surface area contributed by atoms with Crippen LogP contribution in [-0.4, -0.2) is 14.2 Å². The van der Waals surface area contributed by atoms with Crippen LogP contribution >= 0.6 is 43.5 Å². The van der Waals surface area contributed by atoms with Gasteiger partial charge in [-0.2, -0.15) is 0 Å². The minimum absolute atomic E-state index is 0.0800. The Morgan fingerprint density at radius 1 is 0.950 bits per heavy atom. The van der Waals surface area contributed by atoms with Gasteiger partial charge >= 0.3 is 0 Å². The average Bonchev–Trinajstić information content (AvgIpc) is 2.46. The molecule has 106 valence electrons. The molecule has 1 unspecified atom stereocenters. The molecule has 0 fully saturated rings. The third-order valence-corrected chi connectivity index (χ3v) is 4.64. The summed E-state index contributed by atoms with van der Waals surface area (Å²) in [5.74, 6) is 1.58. The van der Waals surface area contributed by atoms with Crippen LogP contribution in [0, 0.1) is 0 Å². The molecule has 20 heavy (non-hydrogen) atoms. The van der Waals surface area contributed by atoms with E-state index in [1.807, 2.05) is 36.4 Å². The van der Waals surface area contributed by atoms with Crippen molar-refractivity contribution in [1.29, 1.82) is 0 Å². The first-order chi connectivity index (χ1) is 9.56. The molecule has 1 atom stereocenters. The molecule has 5 heteroatoms. The van der Waals surface area contributed by atoms with Crippen molar-refractivity contribution in [2.45, 2.75) is 4.83 Å². The smallest absolute Gasteiger partial charge is 0.123 e.